The maximum atomic E-state index is 13.4. The van der Waals surface area contributed by atoms with Crippen molar-refractivity contribution in [1.29, 1.82) is 0 Å². The molecule has 2 N–H and O–H groups in total. The Morgan fingerprint density at radius 1 is 0.935 bits per heavy atom. The lowest BCUT2D eigenvalue weighted by Crippen LogP contribution is -2.52. The lowest BCUT2D eigenvalue weighted by Gasteiger charge is -2.36. The van der Waals surface area contributed by atoms with E-state index in [1.807, 2.05) is 38.1 Å². The van der Waals surface area contributed by atoms with Gasteiger partial charge in [0, 0.05) is 11.3 Å². The molecule has 0 fully saturated rings. The van der Waals surface area contributed by atoms with E-state index in [-0.39, 0.29) is 18.2 Å². The molecule has 3 aromatic rings. The van der Waals surface area contributed by atoms with Gasteiger partial charge in [0.15, 0.2) is 0 Å². The first kappa shape index (κ1) is 20.3. The quantitative estimate of drug-likeness (QED) is 0.669. The summed E-state index contributed by atoms with van der Waals surface area (Å²) in [6.07, 6.45) is -0.161. The molecule has 3 amide bonds. The number of hydrogen-bond donors (Lipinski definition) is 2. The molecule has 0 spiro atoms. The number of nitrogens with zero attached hydrogens (tertiary/aromatic N) is 1. The molecule has 0 saturated carbocycles. The lowest BCUT2D eigenvalue weighted by atomic mass is 10.0. The zero-order valence-electron chi connectivity index (χ0n) is 17.4. The average Bonchev–Trinajstić information content (AvgIpc) is 2.77. The maximum Gasteiger partial charge on any atom is 0.259 e. The maximum absolute atomic E-state index is 13.4. The van der Waals surface area contributed by atoms with E-state index in [0.29, 0.717) is 22.6 Å². The Morgan fingerprint density at radius 2 is 1.65 bits per heavy atom. The van der Waals surface area contributed by atoms with Gasteiger partial charge in [-0.15, -0.1) is 0 Å². The summed E-state index contributed by atoms with van der Waals surface area (Å²) >= 11 is 0. The molecule has 0 radical (unpaired) electrons. The minimum atomic E-state index is -0.964. The minimum absolute atomic E-state index is 0.161. The second-order valence-corrected chi connectivity index (χ2v) is 7.61. The Bertz CT molecular complexity index is 1160. The van der Waals surface area contributed by atoms with Crippen LogP contribution in [-0.4, -0.2) is 23.8 Å². The predicted octanol–water partition coefficient (Wildman–Crippen LogP) is 4.30. The van der Waals surface area contributed by atoms with Gasteiger partial charge in [0.05, 0.1) is 17.8 Å². The van der Waals surface area contributed by atoms with Gasteiger partial charge in [0.25, 0.3) is 5.91 Å². The highest BCUT2D eigenvalue weighted by molar-refractivity contribution is 6.17. The second-order valence-electron chi connectivity index (χ2n) is 7.61. The third kappa shape index (κ3) is 4.19. The summed E-state index contributed by atoms with van der Waals surface area (Å²) in [6.45, 7) is 3.97. The molecular weight excluding hydrogens is 390 g/mol. The van der Waals surface area contributed by atoms with Gasteiger partial charge in [-0.25, -0.2) is 0 Å². The molecule has 0 aromatic heterocycles. The monoisotopic (exact) mass is 413 g/mol. The molecule has 0 bridgehead atoms. The third-order valence-corrected chi connectivity index (χ3v) is 5.44. The topological polar surface area (TPSA) is 78.5 Å². The molecule has 6 heteroatoms. The number of benzene rings is 3. The summed E-state index contributed by atoms with van der Waals surface area (Å²) in [7, 11) is 0. The molecule has 1 atom stereocenters. The number of fused-ring (bicyclic) bond motifs is 1. The number of carbonyl (C=O) groups is 3. The molecule has 0 aliphatic carbocycles. The molecule has 156 valence electrons. The highest BCUT2D eigenvalue weighted by atomic mass is 16.2. The number of carbonyl (C=O) groups excluding carboxylic acids is 3. The van der Waals surface area contributed by atoms with Crippen LogP contribution >= 0.6 is 0 Å². The van der Waals surface area contributed by atoms with Gasteiger partial charge in [0.1, 0.15) is 6.04 Å². The number of anilines is 3. The van der Waals surface area contributed by atoms with Crippen LogP contribution in [0.25, 0.3) is 0 Å². The molecule has 3 aromatic carbocycles. The summed E-state index contributed by atoms with van der Waals surface area (Å²) in [5, 5.41) is 5.66. The van der Waals surface area contributed by atoms with Crippen molar-refractivity contribution in [3.8, 4) is 0 Å². The van der Waals surface area contributed by atoms with Crippen molar-refractivity contribution in [2.45, 2.75) is 26.3 Å². The molecular formula is C25H23N3O3. The van der Waals surface area contributed by atoms with Crippen LogP contribution in [0, 0.1) is 13.8 Å². The Hall–Kier alpha value is -3.93. The zero-order chi connectivity index (χ0) is 22.0. The number of para-hydroxylation sites is 2. The number of nitrogens with one attached hydrogen (secondary N) is 2. The molecule has 1 aliphatic rings. The Labute approximate surface area is 180 Å². The van der Waals surface area contributed by atoms with Gasteiger partial charge in [0.2, 0.25) is 11.8 Å². The first-order chi connectivity index (χ1) is 14.9. The number of hydrogen-bond acceptors (Lipinski definition) is 3. The number of amides is 3. The first-order valence-corrected chi connectivity index (χ1v) is 10.1. The van der Waals surface area contributed by atoms with Crippen molar-refractivity contribution in [1.82, 2.24) is 0 Å². The van der Waals surface area contributed by atoms with E-state index in [1.165, 1.54) is 4.90 Å². The van der Waals surface area contributed by atoms with Crippen LogP contribution in [0.5, 0.6) is 0 Å². The standard InChI is InChI=1S/C25H23N3O3/c1-16-12-13-19(14-17(16)2)26-23(29)15-22-24(30)27-20-10-6-7-11-21(20)28(22)25(31)18-8-4-3-5-9-18/h3-14,22H,15H2,1-2H3,(H,26,29)(H,27,30)/t22-/m0/s1. The van der Waals surface area contributed by atoms with Gasteiger partial charge < -0.3 is 10.6 Å². The smallest absolute Gasteiger partial charge is 0.259 e. The number of aryl methyl sites for hydroxylation is 2. The summed E-state index contributed by atoms with van der Waals surface area (Å²) in [5.41, 5.74) is 4.41. The molecule has 31 heavy (non-hydrogen) atoms. The van der Waals surface area contributed by atoms with Crippen LogP contribution in [0.2, 0.25) is 0 Å². The summed E-state index contributed by atoms with van der Waals surface area (Å²) in [4.78, 5) is 40.5. The highest BCUT2D eigenvalue weighted by Crippen LogP contribution is 2.34. The van der Waals surface area contributed by atoms with Crippen LogP contribution in [0.15, 0.2) is 72.8 Å². The van der Waals surface area contributed by atoms with E-state index >= 15 is 0 Å². The fourth-order valence-electron chi connectivity index (χ4n) is 3.65. The van der Waals surface area contributed by atoms with Crippen molar-refractivity contribution in [2.24, 2.45) is 0 Å². The average molecular weight is 413 g/mol. The SMILES string of the molecule is Cc1ccc(NC(=O)C[C@H]2C(=O)Nc3ccccc3N2C(=O)c2ccccc2)cc1C. The van der Waals surface area contributed by atoms with Crippen molar-refractivity contribution >= 4 is 34.8 Å². The van der Waals surface area contributed by atoms with E-state index in [1.54, 1.807) is 48.5 Å². The summed E-state index contributed by atoms with van der Waals surface area (Å²) in [6, 6.07) is 20.5. The molecule has 6 nitrogen and oxygen atoms in total. The van der Waals surface area contributed by atoms with Crippen molar-refractivity contribution in [2.75, 3.05) is 15.5 Å². The van der Waals surface area contributed by atoms with E-state index in [0.717, 1.165) is 11.1 Å². The second kappa shape index (κ2) is 8.44. The van der Waals surface area contributed by atoms with Crippen molar-refractivity contribution in [3.63, 3.8) is 0 Å². The van der Waals surface area contributed by atoms with Gasteiger partial charge in [-0.05, 0) is 61.4 Å². The summed E-state index contributed by atoms with van der Waals surface area (Å²) < 4.78 is 0. The normalized spacial score (nSPS) is 15.1. The van der Waals surface area contributed by atoms with Gasteiger partial charge >= 0.3 is 0 Å². The van der Waals surface area contributed by atoms with E-state index in [2.05, 4.69) is 10.6 Å². The third-order valence-electron chi connectivity index (χ3n) is 5.44. The number of rotatable bonds is 4. The van der Waals surface area contributed by atoms with E-state index in [4.69, 9.17) is 0 Å². The van der Waals surface area contributed by atoms with E-state index in [9.17, 15) is 14.4 Å². The zero-order valence-corrected chi connectivity index (χ0v) is 17.4. The molecule has 0 saturated heterocycles. The van der Waals surface area contributed by atoms with Gasteiger partial charge in [-0.2, -0.15) is 0 Å². The van der Waals surface area contributed by atoms with Crippen molar-refractivity contribution in [3.05, 3.63) is 89.5 Å². The fourth-order valence-corrected chi connectivity index (χ4v) is 3.65. The van der Waals surface area contributed by atoms with Crippen molar-refractivity contribution < 1.29 is 14.4 Å². The summed E-state index contributed by atoms with van der Waals surface area (Å²) in [5.74, 6) is -1.06. The largest absolute Gasteiger partial charge is 0.326 e. The van der Waals surface area contributed by atoms with Crippen LogP contribution in [0.1, 0.15) is 27.9 Å². The van der Waals surface area contributed by atoms with Crippen LogP contribution in [0.3, 0.4) is 0 Å². The van der Waals surface area contributed by atoms with Crippen LogP contribution < -0.4 is 15.5 Å². The molecule has 1 heterocycles. The van der Waals surface area contributed by atoms with E-state index < -0.39 is 11.9 Å². The lowest BCUT2D eigenvalue weighted by molar-refractivity contribution is -0.122. The molecule has 4 rings (SSSR count). The Morgan fingerprint density at radius 3 is 2.39 bits per heavy atom. The Balaban J connectivity index is 1.64. The molecule has 1 aliphatic heterocycles. The fraction of sp³-hybridized carbons (Fsp3) is 0.160. The van der Waals surface area contributed by atoms with Gasteiger partial charge in [-0.3, -0.25) is 19.3 Å². The van der Waals surface area contributed by atoms with Gasteiger partial charge in [-0.1, -0.05) is 36.4 Å². The predicted molar refractivity (Wildman–Crippen MR) is 121 cm³/mol. The minimum Gasteiger partial charge on any atom is -0.326 e. The van der Waals surface area contributed by atoms with Crippen LogP contribution in [-0.2, 0) is 9.59 Å². The Kier molecular flexibility index (Phi) is 5.54. The molecule has 0 unspecified atom stereocenters. The highest BCUT2D eigenvalue weighted by Gasteiger charge is 2.38. The van der Waals surface area contributed by atoms with Crippen LogP contribution in [0.4, 0.5) is 17.1 Å². The first-order valence-electron chi connectivity index (χ1n) is 10.1.